The van der Waals surface area contributed by atoms with Crippen LogP contribution >= 0.6 is 11.3 Å². The summed E-state index contributed by atoms with van der Waals surface area (Å²) >= 11 is 1.58. The van der Waals surface area contributed by atoms with E-state index in [1.807, 2.05) is 41.4 Å². The van der Waals surface area contributed by atoms with Gasteiger partial charge in [0.15, 0.2) is 0 Å². The third-order valence-corrected chi connectivity index (χ3v) is 4.50. The Labute approximate surface area is 134 Å². The fourth-order valence-corrected chi connectivity index (χ4v) is 3.03. The average molecular weight is 312 g/mol. The maximum Gasteiger partial charge on any atom is 0.219 e. The van der Waals surface area contributed by atoms with Crippen molar-refractivity contribution in [3.8, 4) is 0 Å². The van der Waals surface area contributed by atoms with E-state index in [0.29, 0.717) is 6.54 Å². The van der Waals surface area contributed by atoms with Crippen molar-refractivity contribution in [1.29, 1.82) is 0 Å². The molecule has 1 aliphatic heterocycles. The normalized spacial score (nSPS) is 18.8. The summed E-state index contributed by atoms with van der Waals surface area (Å²) in [5, 5.41) is 6.50. The molecule has 2 aromatic rings. The molecule has 1 aliphatic rings. The van der Waals surface area contributed by atoms with Crippen LogP contribution in [0.25, 0.3) is 12.2 Å². The molecule has 0 saturated carbocycles. The lowest BCUT2D eigenvalue weighted by Gasteiger charge is -2.33. The SMILES string of the molecule is CC(=O)N1CCNC(c2ccc(C=Cc3cc[c]s3)nc2)C1. The standard InChI is InChI=1S/C17H18N3OS/c1-13(21)20-9-8-18-17(12-20)14-4-5-15(19-11-14)6-7-16-3-2-10-22-16/h2-7,11,17-18H,8-9,12H2,1H3. The third kappa shape index (κ3) is 3.61. The van der Waals surface area contributed by atoms with Gasteiger partial charge < -0.3 is 10.2 Å². The molecular weight excluding hydrogens is 294 g/mol. The van der Waals surface area contributed by atoms with Gasteiger partial charge in [-0.1, -0.05) is 6.07 Å². The van der Waals surface area contributed by atoms with E-state index in [-0.39, 0.29) is 11.9 Å². The number of aromatic nitrogens is 1. The van der Waals surface area contributed by atoms with Gasteiger partial charge in [-0.05, 0) is 35.9 Å². The lowest BCUT2D eigenvalue weighted by atomic mass is 10.1. The van der Waals surface area contributed by atoms with Gasteiger partial charge in [0, 0.05) is 43.0 Å². The smallest absolute Gasteiger partial charge is 0.219 e. The molecule has 0 spiro atoms. The van der Waals surface area contributed by atoms with Crippen molar-refractivity contribution in [2.75, 3.05) is 19.6 Å². The van der Waals surface area contributed by atoms with Crippen LogP contribution in [0.15, 0.2) is 30.5 Å². The van der Waals surface area contributed by atoms with Crippen LogP contribution in [-0.2, 0) is 4.79 Å². The molecular formula is C17H18N3OS. The molecule has 0 aliphatic carbocycles. The zero-order chi connectivity index (χ0) is 15.4. The second-order valence-corrected chi connectivity index (χ2v) is 6.19. The summed E-state index contributed by atoms with van der Waals surface area (Å²) in [4.78, 5) is 19.0. The van der Waals surface area contributed by atoms with Crippen LogP contribution in [0, 0.1) is 5.38 Å². The summed E-state index contributed by atoms with van der Waals surface area (Å²) in [5.74, 6) is 0.131. The fraction of sp³-hybridized carbons (Fsp3) is 0.294. The first kappa shape index (κ1) is 14.9. The molecule has 3 rings (SSSR count). The molecule has 1 radical (unpaired) electrons. The third-order valence-electron chi connectivity index (χ3n) is 3.74. The Balaban J connectivity index is 1.67. The summed E-state index contributed by atoms with van der Waals surface area (Å²) < 4.78 is 0. The number of carbonyl (C=O) groups excluding carboxylic acids is 1. The predicted molar refractivity (Wildman–Crippen MR) is 89.3 cm³/mol. The average Bonchev–Trinajstić information content (AvgIpc) is 3.07. The number of carbonyl (C=O) groups is 1. The van der Waals surface area contributed by atoms with Crippen LogP contribution in [0.3, 0.4) is 0 Å². The molecule has 1 amide bonds. The summed E-state index contributed by atoms with van der Waals surface area (Å²) in [5.41, 5.74) is 2.05. The van der Waals surface area contributed by atoms with E-state index in [9.17, 15) is 4.79 Å². The highest BCUT2D eigenvalue weighted by Crippen LogP contribution is 2.18. The minimum absolute atomic E-state index is 0.131. The number of nitrogens with zero attached hydrogens (tertiary/aromatic N) is 2. The molecule has 22 heavy (non-hydrogen) atoms. The fourth-order valence-electron chi connectivity index (χ4n) is 2.49. The Hall–Kier alpha value is -1.98. The van der Waals surface area contributed by atoms with Crippen molar-refractivity contribution < 1.29 is 4.79 Å². The highest BCUT2D eigenvalue weighted by molar-refractivity contribution is 7.10. The summed E-state index contributed by atoms with van der Waals surface area (Å²) in [6.07, 6.45) is 5.93. The molecule has 0 bridgehead atoms. The predicted octanol–water partition coefficient (Wildman–Crippen LogP) is 2.61. The van der Waals surface area contributed by atoms with E-state index in [2.05, 4.69) is 21.7 Å². The van der Waals surface area contributed by atoms with Gasteiger partial charge in [-0.3, -0.25) is 9.78 Å². The van der Waals surface area contributed by atoms with Crippen molar-refractivity contribution >= 4 is 29.4 Å². The van der Waals surface area contributed by atoms with Gasteiger partial charge >= 0.3 is 0 Å². The number of rotatable bonds is 3. The monoisotopic (exact) mass is 312 g/mol. The van der Waals surface area contributed by atoms with E-state index in [1.54, 1.807) is 18.3 Å². The molecule has 3 heterocycles. The van der Waals surface area contributed by atoms with Crippen LogP contribution in [0.2, 0.25) is 0 Å². The molecule has 0 aromatic carbocycles. The lowest BCUT2D eigenvalue weighted by molar-refractivity contribution is -0.130. The number of hydrogen-bond donors (Lipinski definition) is 1. The second-order valence-electron chi connectivity index (χ2n) is 5.28. The quantitative estimate of drug-likeness (QED) is 0.947. The molecule has 2 aromatic heterocycles. The minimum atomic E-state index is 0.131. The number of thiophene rings is 1. The summed E-state index contributed by atoms with van der Waals surface area (Å²) in [6, 6.07) is 8.19. The van der Waals surface area contributed by atoms with Crippen molar-refractivity contribution in [2.45, 2.75) is 13.0 Å². The van der Waals surface area contributed by atoms with E-state index < -0.39 is 0 Å². The Morgan fingerprint density at radius 1 is 1.45 bits per heavy atom. The van der Waals surface area contributed by atoms with Gasteiger partial charge in [0.25, 0.3) is 0 Å². The van der Waals surface area contributed by atoms with Gasteiger partial charge in [-0.15, -0.1) is 11.3 Å². The number of nitrogens with one attached hydrogen (secondary N) is 1. The van der Waals surface area contributed by atoms with E-state index in [1.165, 1.54) is 0 Å². The Morgan fingerprint density at radius 2 is 2.36 bits per heavy atom. The Bertz CT molecular complexity index is 649. The molecule has 5 heteroatoms. The molecule has 1 unspecified atom stereocenters. The Kier molecular flexibility index (Phi) is 4.65. The van der Waals surface area contributed by atoms with E-state index in [4.69, 9.17) is 0 Å². The van der Waals surface area contributed by atoms with Crippen molar-refractivity contribution in [3.63, 3.8) is 0 Å². The zero-order valence-corrected chi connectivity index (χ0v) is 13.3. The summed E-state index contributed by atoms with van der Waals surface area (Å²) in [6.45, 7) is 3.92. The minimum Gasteiger partial charge on any atom is -0.340 e. The summed E-state index contributed by atoms with van der Waals surface area (Å²) in [7, 11) is 0. The molecule has 1 N–H and O–H groups in total. The Morgan fingerprint density at radius 3 is 3.05 bits per heavy atom. The maximum atomic E-state index is 11.5. The largest absolute Gasteiger partial charge is 0.340 e. The zero-order valence-electron chi connectivity index (χ0n) is 12.5. The van der Waals surface area contributed by atoms with Gasteiger partial charge in [0.1, 0.15) is 0 Å². The van der Waals surface area contributed by atoms with Crippen molar-refractivity contribution in [2.24, 2.45) is 0 Å². The number of pyridine rings is 1. The van der Waals surface area contributed by atoms with Crippen LogP contribution in [0.4, 0.5) is 0 Å². The number of piperazine rings is 1. The van der Waals surface area contributed by atoms with Gasteiger partial charge in [-0.2, -0.15) is 0 Å². The molecule has 1 fully saturated rings. The molecule has 4 nitrogen and oxygen atoms in total. The molecule has 113 valence electrons. The van der Waals surface area contributed by atoms with Crippen LogP contribution < -0.4 is 5.32 Å². The van der Waals surface area contributed by atoms with Gasteiger partial charge in [0.2, 0.25) is 5.91 Å². The van der Waals surface area contributed by atoms with Gasteiger partial charge in [-0.25, -0.2) is 0 Å². The highest BCUT2D eigenvalue weighted by atomic mass is 32.1. The maximum absolute atomic E-state index is 11.5. The number of hydrogen-bond acceptors (Lipinski definition) is 4. The first-order valence-electron chi connectivity index (χ1n) is 7.31. The highest BCUT2D eigenvalue weighted by Gasteiger charge is 2.22. The second kappa shape index (κ2) is 6.85. The van der Waals surface area contributed by atoms with Crippen molar-refractivity contribution in [3.05, 3.63) is 52.0 Å². The molecule has 1 atom stereocenters. The lowest BCUT2D eigenvalue weighted by Crippen LogP contribution is -2.47. The first-order chi connectivity index (χ1) is 10.7. The van der Waals surface area contributed by atoms with E-state index in [0.717, 1.165) is 29.2 Å². The first-order valence-corrected chi connectivity index (χ1v) is 8.13. The van der Waals surface area contributed by atoms with Gasteiger partial charge in [0.05, 0.1) is 11.7 Å². The van der Waals surface area contributed by atoms with Crippen molar-refractivity contribution in [1.82, 2.24) is 15.2 Å². The molecule has 1 saturated heterocycles. The number of amides is 1. The van der Waals surface area contributed by atoms with Crippen LogP contribution in [0.1, 0.15) is 29.1 Å². The van der Waals surface area contributed by atoms with Crippen LogP contribution in [0.5, 0.6) is 0 Å². The van der Waals surface area contributed by atoms with Crippen LogP contribution in [-0.4, -0.2) is 35.4 Å². The van der Waals surface area contributed by atoms with E-state index >= 15 is 0 Å². The topological polar surface area (TPSA) is 45.2 Å².